The molecular weight excluding hydrogens is 578 g/mol. The molecule has 1 nitrogen and oxygen atoms in total. The van der Waals surface area contributed by atoms with Gasteiger partial charge in [0.2, 0.25) is 0 Å². The van der Waals surface area contributed by atoms with E-state index in [1.807, 2.05) is 0 Å². The van der Waals surface area contributed by atoms with E-state index in [0.717, 1.165) is 39.2 Å². The quantitative estimate of drug-likeness (QED) is 0.224. The molecule has 0 saturated carbocycles. The predicted octanol–water partition coefficient (Wildman–Crippen LogP) is 7.88. The monoisotopic (exact) mass is 604 g/mol. The summed E-state index contributed by atoms with van der Waals surface area (Å²) in [6.07, 6.45) is 0.974. The van der Waals surface area contributed by atoms with Gasteiger partial charge in [0.25, 0.3) is 0 Å². The van der Waals surface area contributed by atoms with Crippen LogP contribution in [0.5, 0.6) is 5.75 Å². The number of thioether (sulfide) groups is 1. The van der Waals surface area contributed by atoms with Crippen LogP contribution in [0.3, 0.4) is 0 Å². The Morgan fingerprint density at radius 2 is 1.85 bits per heavy atom. The number of ether oxygens (including phenoxy) is 1. The van der Waals surface area contributed by atoms with Gasteiger partial charge in [0.05, 0.1) is 6.61 Å². The Morgan fingerprint density at radius 3 is 2.56 bits per heavy atom. The average molecular weight is 604 g/mol. The zero-order valence-electron chi connectivity index (χ0n) is 16.4. The summed E-state index contributed by atoms with van der Waals surface area (Å²) in [5.74, 6) is 0.955. The van der Waals surface area contributed by atoms with E-state index < -0.39 is 0 Å². The third kappa shape index (κ3) is 6.82. The molecular formula is C23H26I2OS. The van der Waals surface area contributed by atoms with Crippen LogP contribution >= 0.6 is 56.9 Å². The van der Waals surface area contributed by atoms with Gasteiger partial charge >= 0.3 is 0 Å². The molecule has 0 aliphatic carbocycles. The molecule has 27 heavy (non-hydrogen) atoms. The molecule has 2 rings (SSSR count). The van der Waals surface area contributed by atoms with Crippen LogP contribution in [0.25, 0.3) is 4.91 Å². The largest absolute Gasteiger partial charge is 0.492 e. The van der Waals surface area contributed by atoms with Crippen LogP contribution in [0.2, 0.25) is 0 Å². The Morgan fingerprint density at radius 1 is 1.11 bits per heavy atom. The van der Waals surface area contributed by atoms with E-state index in [1.54, 1.807) is 11.8 Å². The van der Waals surface area contributed by atoms with E-state index in [0.29, 0.717) is 0 Å². The lowest BCUT2D eigenvalue weighted by atomic mass is 10.00. The van der Waals surface area contributed by atoms with Crippen molar-refractivity contribution < 1.29 is 4.74 Å². The molecule has 0 unspecified atom stereocenters. The first kappa shape index (κ1) is 22.8. The van der Waals surface area contributed by atoms with Gasteiger partial charge in [0, 0.05) is 12.9 Å². The number of allylic oxidation sites excluding steroid dienone is 1. The Balaban J connectivity index is 2.06. The van der Waals surface area contributed by atoms with Gasteiger partial charge in [-0.05, 0) is 102 Å². The lowest BCUT2D eigenvalue weighted by Gasteiger charge is -2.12. The highest BCUT2D eigenvalue weighted by Crippen LogP contribution is 2.32. The summed E-state index contributed by atoms with van der Waals surface area (Å²) in [5.41, 5.74) is 7.74. The van der Waals surface area contributed by atoms with Crippen molar-refractivity contribution in [2.45, 2.75) is 34.1 Å². The zero-order valence-corrected chi connectivity index (χ0v) is 21.5. The maximum atomic E-state index is 5.84. The molecule has 0 bridgehead atoms. The minimum atomic E-state index is 0.734. The van der Waals surface area contributed by atoms with Crippen molar-refractivity contribution >= 4 is 61.8 Å². The summed E-state index contributed by atoms with van der Waals surface area (Å²) in [4.78, 5) is 1.05. The first-order chi connectivity index (χ1) is 12.8. The van der Waals surface area contributed by atoms with Crippen LogP contribution in [0.4, 0.5) is 0 Å². The smallest absolute Gasteiger partial charge is 0.122 e. The predicted molar refractivity (Wildman–Crippen MR) is 138 cm³/mol. The molecule has 144 valence electrons. The number of benzene rings is 2. The van der Waals surface area contributed by atoms with Crippen molar-refractivity contribution in [1.82, 2.24) is 0 Å². The van der Waals surface area contributed by atoms with Crippen molar-refractivity contribution in [3.63, 3.8) is 0 Å². The van der Waals surface area contributed by atoms with E-state index in [2.05, 4.69) is 115 Å². The molecule has 2 aromatic carbocycles. The SMILES string of the molecule is C=C(S/C=C(\C)Cc1cc(C)c(I)cc1C)c1ccc(C)c(OCCI)c1. The van der Waals surface area contributed by atoms with Crippen LogP contribution < -0.4 is 4.74 Å². The molecule has 0 N–H and O–H groups in total. The van der Waals surface area contributed by atoms with Crippen molar-refractivity contribution in [1.29, 1.82) is 0 Å². The minimum Gasteiger partial charge on any atom is -0.492 e. The van der Waals surface area contributed by atoms with E-state index in [1.165, 1.54) is 25.8 Å². The second kappa shape index (κ2) is 10.9. The molecule has 0 aliphatic rings. The highest BCUT2D eigenvalue weighted by Gasteiger charge is 2.06. The second-order valence-electron chi connectivity index (χ2n) is 6.73. The lowest BCUT2D eigenvalue weighted by Crippen LogP contribution is -1.99. The van der Waals surface area contributed by atoms with Gasteiger partial charge in [-0.25, -0.2) is 0 Å². The number of hydrogen-bond donors (Lipinski definition) is 0. The molecule has 0 saturated heterocycles. The standard InChI is InChI=1S/C23H26I2OS/c1-15(10-21-11-18(4)22(25)12-17(21)3)14-27-19(5)20-7-6-16(2)23(13-20)26-9-8-24/h6-7,11-14H,5,8-10H2,1-4H3/b15-14+. The van der Waals surface area contributed by atoms with Crippen LogP contribution in [-0.2, 0) is 6.42 Å². The van der Waals surface area contributed by atoms with Gasteiger partial charge < -0.3 is 4.74 Å². The van der Waals surface area contributed by atoms with E-state index in [9.17, 15) is 0 Å². The third-order valence-electron chi connectivity index (χ3n) is 4.33. The Labute approximate surface area is 195 Å². The first-order valence-corrected chi connectivity index (χ1v) is 12.4. The van der Waals surface area contributed by atoms with E-state index in [4.69, 9.17) is 4.74 Å². The van der Waals surface area contributed by atoms with Crippen molar-refractivity contribution in [2.75, 3.05) is 11.0 Å². The fourth-order valence-corrected chi connectivity index (χ4v) is 4.22. The molecule has 4 heteroatoms. The first-order valence-electron chi connectivity index (χ1n) is 8.88. The molecule has 0 amide bonds. The summed E-state index contributed by atoms with van der Waals surface area (Å²) >= 11 is 6.43. The van der Waals surface area contributed by atoms with Crippen LogP contribution in [0.15, 0.2) is 47.9 Å². The van der Waals surface area contributed by atoms with Gasteiger partial charge in [-0.1, -0.05) is 64.7 Å². The van der Waals surface area contributed by atoms with Crippen molar-refractivity contribution in [3.8, 4) is 5.75 Å². The average Bonchev–Trinajstić information content (AvgIpc) is 2.63. The van der Waals surface area contributed by atoms with E-state index >= 15 is 0 Å². The molecule has 0 heterocycles. The minimum absolute atomic E-state index is 0.734. The second-order valence-corrected chi connectivity index (χ2v) is 9.93. The molecule has 0 aliphatic heterocycles. The zero-order chi connectivity index (χ0) is 20.0. The number of rotatable bonds is 8. The Hall–Kier alpha value is -0.470. The van der Waals surface area contributed by atoms with Crippen LogP contribution in [-0.4, -0.2) is 11.0 Å². The molecule has 0 fully saturated rings. The van der Waals surface area contributed by atoms with Gasteiger partial charge in [-0.2, -0.15) is 0 Å². The van der Waals surface area contributed by atoms with Gasteiger partial charge in [0.15, 0.2) is 0 Å². The van der Waals surface area contributed by atoms with Gasteiger partial charge in [0.1, 0.15) is 5.75 Å². The molecule has 2 aromatic rings. The topological polar surface area (TPSA) is 9.23 Å². The fraction of sp³-hybridized carbons (Fsp3) is 0.304. The summed E-state index contributed by atoms with van der Waals surface area (Å²) < 4.78 is 8.16. The fourth-order valence-electron chi connectivity index (χ4n) is 2.69. The Bertz CT molecular complexity index is 856. The molecule has 0 atom stereocenters. The summed E-state index contributed by atoms with van der Waals surface area (Å²) in [7, 11) is 0. The maximum Gasteiger partial charge on any atom is 0.122 e. The number of hydrogen-bond acceptors (Lipinski definition) is 2. The van der Waals surface area contributed by atoms with Crippen LogP contribution in [0, 0.1) is 24.3 Å². The van der Waals surface area contributed by atoms with Crippen LogP contribution in [0.1, 0.15) is 34.7 Å². The normalized spacial score (nSPS) is 11.6. The van der Waals surface area contributed by atoms with Crippen molar-refractivity contribution in [3.05, 3.63) is 79.3 Å². The molecule has 0 radical (unpaired) electrons. The van der Waals surface area contributed by atoms with E-state index in [-0.39, 0.29) is 0 Å². The Kier molecular flexibility index (Phi) is 9.22. The lowest BCUT2D eigenvalue weighted by molar-refractivity contribution is 0.344. The highest BCUT2D eigenvalue weighted by atomic mass is 127. The highest BCUT2D eigenvalue weighted by molar-refractivity contribution is 14.1. The number of alkyl halides is 1. The number of aryl methyl sites for hydroxylation is 3. The molecule has 0 aromatic heterocycles. The van der Waals surface area contributed by atoms with Crippen molar-refractivity contribution in [2.24, 2.45) is 0 Å². The third-order valence-corrected chi connectivity index (χ3v) is 6.98. The summed E-state index contributed by atoms with van der Waals surface area (Å²) in [5, 5.41) is 2.22. The maximum absolute atomic E-state index is 5.84. The number of halogens is 2. The summed E-state index contributed by atoms with van der Waals surface area (Å²) in [6, 6.07) is 10.9. The summed E-state index contributed by atoms with van der Waals surface area (Å²) in [6.45, 7) is 13.6. The van der Waals surface area contributed by atoms with Gasteiger partial charge in [-0.15, -0.1) is 0 Å². The molecule has 0 spiro atoms. The van der Waals surface area contributed by atoms with Gasteiger partial charge in [-0.3, -0.25) is 0 Å².